The first kappa shape index (κ1) is 18.9. The third-order valence-corrected chi connectivity index (χ3v) is 3.90. The number of halogens is 2. The predicted molar refractivity (Wildman–Crippen MR) is 96.6 cm³/mol. The van der Waals surface area contributed by atoms with E-state index in [2.05, 4.69) is 5.32 Å². The number of hydrogen-bond donors (Lipinski definition) is 3. The SMILES string of the molecule is Cc1ccc(C(=O)O)cc1NCc1cc(Cl)cc(Cl)c1OCC(N)=O. The maximum absolute atomic E-state index is 11.1. The summed E-state index contributed by atoms with van der Waals surface area (Å²) in [7, 11) is 0. The van der Waals surface area contributed by atoms with E-state index in [1.54, 1.807) is 12.1 Å². The van der Waals surface area contributed by atoms with E-state index in [4.69, 9.17) is 38.8 Å². The molecular formula is C17H16Cl2N2O4. The molecule has 2 rings (SSSR count). The van der Waals surface area contributed by atoms with Gasteiger partial charge in [-0.2, -0.15) is 0 Å². The van der Waals surface area contributed by atoms with Gasteiger partial charge in [0.2, 0.25) is 0 Å². The summed E-state index contributed by atoms with van der Waals surface area (Å²) in [6.45, 7) is 1.80. The second-order valence-corrected chi connectivity index (χ2v) is 6.16. The van der Waals surface area contributed by atoms with Crippen LogP contribution in [0.5, 0.6) is 5.75 Å². The highest BCUT2D eigenvalue weighted by atomic mass is 35.5. The molecule has 0 bridgehead atoms. The molecule has 6 nitrogen and oxygen atoms in total. The Morgan fingerprint density at radius 1 is 1.24 bits per heavy atom. The van der Waals surface area contributed by atoms with Gasteiger partial charge in [-0.1, -0.05) is 29.3 Å². The number of nitrogens with two attached hydrogens (primary N) is 1. The minimum Gasteiger partial charge on any atom is -0.482 e. The van der Waals surface area contributed by atoms with E-state index >= 15 is 0 Å². The van der Waals surface area contributed by atoms with Gasteiger partial charge < -0.3 is 20.9 Å². The van der Waals surface area contributed by atoms with Gasteiger partial charge in [0.15, 0.2) is 6.61 Å². The van der Waals surface area contributed by atoms with Gasteiger partial charge in [-0.15, -0.1) is 0 Å². The third-order valence-electron chi connectivity index (χ3n) is 3.40. The van der Waals surface area contributed by atoms with E-state index < -0.39 is 11.9 Å². The van der Waals surface area contributed by atoms with Crippen LogP contribution in [0.25, 0.3) is 0 Å². The summed E-state index contributed by atoms with van der Waals surface area (Å²) in [4.78, 5) is 22.0. The molecule has 1 amide bonds. The lowest BCUT2D eigenvalue weighted by atomic mass is 10.1. The van der Waals surface area contributed by atoms with Crippen LogP contribution in [0.2, 0.25) is 10.0 Å². The van der Waals surface area contributed by atoms with Crippen molar-refractivity contribution in [2.75, 3.05) is 11.9 Å². The number of benzene rings is 2. The maximum Gasteiger partial charge on any atom is 0.335 e. The van der Waals surface area contributed by atoms with Gasteiger partial charge in [-0.25, -0.2) is 4.79 Å². The van der Waals surface area contributed by atoms with Crippen LogP contribution in [0.1, 0.15) is 21.5 Å². The molecule has 0 saturated heterocycles. The molecular weight excluding hydrogens is 367 g/mol. The van der Waals surface area contributed by atoms with E-state index in [1.165, 1.54) is 18.2 Å². The molecule has 25 heavy (non-hydrogen) atoms. The maximum atomic E-state index is 11.1. The highest BCUT2D eigenvalue weighted by molar-refractivity contribution is 6.35. The molecule has 0 heterocycles. The number of carbonyl (C=O) groups excluding carboxylic acids is 1. The van der Waals surface area contributed by atoms with Gasteiger partial charge in [0.05, 0.1) is 10.6 Å². The third kappa shape index (κ3) is 5.01. The number of aromatic carboxylic acids is 1. The van der Waals surface area contributed by atoms with Crippen molar-refractivity contribution in [3.05, 3.63) is 57.1 Å². The highest BCUT2D eigenvalue weighted by Gasteiger charge is 2.13. The summed E-state index contributed by atoms with van der Waals surface area (Å²) in [6, 6.07) is 7.92. The number of carbonyl (C=O) groups is 2. The van der Waals surface area contributed by atoms with Crippen molar-refractivity contribution in [2.45, 2.75) is 13.5 Å². The van der Waals surface area contributed by atoms with Crippen molar-refractivity contribution >= 4 is 40.8 Å². The summed E-state index contributed by atoms with van der Waals surface area (Å²) in [6.07, 6.45) is 0. The summed E-state index contributed by atoms with van der Waals surface area (Å²) in [5.74, 6) is -1.35. The van der Waals surface area contributed by atoms with Gasteiger partial charge in [0.1, 0.15) is 5.75 Å². The molecule has 0 spiro atoms. The summed E-state index contributed by atoms with van der Waals surface area (Å²) < 4.78 is 5.37. The highest BCUT2D eigenvalue weighted by Crippen LogP contribution is 2.33. The number of anilines is 1. The molecule has 8 heteroatoms. The molecule has 0 unspecified atom stereocenters. The van der Waals surface area contributed by atoms with E-state index in [1.807, 2.05) is 6.92 Å². The number of carboxylic acid groups (broad SMARTS) is 1. The minimum absolute atomic E-state index is 0.169. The fraction of sp³-hybridized carbons (Fsp3) is 0.176. The standard InChI is InChI=1S/C17H16Cl2N2O4/c1-9-2-3-10(17(23)24)5-14(9)21-7-11-4-12(18)6-13(19)16(11)25-8-15(20)22/h2-6,21H,7-8H2,1H3,(H2,20,22)(H,23,24). The second kappa shape index (κ2) is 8.09. The molecule has 0 aromatic heterocycles. The number of carboxylic acids is 1. The fourth-order valence-corrected chi connectivity index (χ4v) is 2.78. The van der Waals surface area contributed by atoms with Crippen molar-refractivity contribution < 1.29 is 19.4 Å². The number of ether oxygens (including phenoxy) is 1. The Morgan fingerprint density at radius 2 is 1.96 bits per heavy atom. The van der Waals surface area contributed by atoms with Gasteiger partial charge in [-0.3, -0.25) is 4.79 Å². The summed E-state index contributed by atoms with van der Waals surface area (Å²) in [5.41, 5.74) is 7.40. The van der Waals surface area contributed by atoms with E-state index in [0.29, 0.717) is 22.0 Å². The number of aryl methyl sites for hydroxylation is 1. The van der Waals surface area contributed by atoms with E-state index in [0.717, 1.165) is 5.56 Å². The first-order valence-corrected chi connectivity index (χ1v) is 8.00. The molecule has 0 atom stereocenters. The molecule has 2 aromatic carbocycles. The largest absolute Gasteiger partial charge is 0.482 e. The molecule has 0 aliphatic carbocycles. The first-order valence-electron chi connectivity index (χ1n) is 7.24. The van der Waals surface area contributed by atoms with Crippen molar-refractivity contribution in [1.82, 2.24) is 0 Å². The lowest BCUT2D eigenvalue weighted by molar-refractivity contribution is -0.119. The molecule has 4 N–H and O–H groups in total. The minimum atomic E-state index is -1.01. The number of amides is 1. The molecule has 2 aromatic rings. The normalized spacial score (nSPS) is 10.4. The summed E-state index contributed by atoms with van der Waals surface area (Å²) in [5, 5.41) is 12.9. The Bertz CT molecular complexity index is 825. The molecule has 132 valence electrons. The van der Waals surface area contributed by atoms with Gasteiger partial charge in [0, 0.05) is 22.8 Å². The Hall–Kier alpha value is -2.44. The Balaban J connectivity index is 2.26. The van der Waals surface area contributed by atoms with Crippen LogP contribution in [0.3, 0.4) is 0 Å². The Kier molecular flexibility index (Phi) is 6.12. The zero-order chi connectivity index (χ0) is 18.6. The van der Waals surface area contributed by atoms with Crippen LogP contribution in [0.4, 0.5) is 5.69 Å². The van der Waals surface area contributed by atoms with Gasteiger partial charge in [-0.05, 0) is 36.8 Å². The van der Waals surface area contributed by atoms with Crippen molar-refractivity contribution in [2.24, 2.45) is 5.73 Å². The molecule has 0 aliphatic heterocycles. The Morgan fingerprint density at radius 3 is 2.60 bits per heavy atom. The topological polar surface area (TPSA) is 102 Å². The van der Waals surface area contributed by atoms with Crippen LogP contribution >= 0.6 is 23.2 Å². The summed E-state index contributed by atoms with van der Waals surface area (Å²) >= 11 is 12.2. The molecule has 0 radical (unpaired) electrons. The quantitative estimate of drug-likeness (QED) is 0.680. The van der Waals surface area contributed by atoms with Crippen LogP contribution in [0.15, 0.2) is 30.3 Å². The van der Waals surface area contributed by atoms with Crippen molar-refractivity contribution in [3.63, 3.8) is 0 Å². The Labute approximate surface area is 154 Å². The van der Waals surface area contributed by atoms with Crippen molar-refractivity contribution in [3.8, 4) is 5.75 Å². The molecule has 0 saturated carbocycles. The van der Waals surface area contributed by atoms with Crippen LogP contribution in [-0.2, 0) is 11.3 Å². The average molecular weight is 383 g/mol. The number of nitrogens with one attached hydrogen (secondary N) is 1. The van der Waals surface area contributed by atoms with E-state index in [-0.39, 0.29) is 23.7 Å². The zero-order valence-electron chi connectivity index (χ0n) is 13.3. The number of rotatable bonds is 7. The average Bonchev–Trinajstić information content (AvgIpc) is 2.52. The predicted octanol–water partition coefficient (Wildman–Crippen LogP) is 3.48. The molecule has 0 aliphatic rings. The smallest absolute Gasteiger partial charge is 0.335 e. The van der Waals surface area contributed by atoms with E-state index in [9.17, 15) is 9.59 Å². The molecule has 0 fully saturated rings. The van der Waals surface area contributed by atoms with Crippen molar-refractivity contribution in [1.29, 1.82) is 0 Å². The fourth-order valence-electron chi connectivity index (χ4n) is 2.19. The number of hydrogen-bond acceptors (Lipinski definition) is 4. The van der Waals surface area contributed by atoms with Crippen LogP contribution in [-0.4, -0.2) is 23.6 Å². The lowest BCUT2D eigenvalue weighted by Gasteiger charge is -2.15. The second-order valence-electron chi connectivity index (χ2n) is 5.32. The van der Waals surface area contributed by atoms with Gasteiger partial charge >= 0.3 is 5.97 Å². The van der Waals surface area contributed by atoms with Gasteiger partial charge in [0.25, 0.3) is 5.91 Å². The number of primary amides is 1. The van der Waals surface area contributed by atoms with Crippen LogP contribution in [0, 0.1) is 6.92 Å². The first-order chi connectivity index (χ1) is 11.8. The monoisotopic (exact) mass is 382 g/mol. The zero-order valence-corrected chi connectivity index (χ0v) is 14.8. The lowest BCUT2D eigenvalue weighted by Crippen LogP contribution is -2.20. The van der Waals surface area contributed by atoms with Crippen LogP contribution < -0.4 is 15.8 Å².